The molecule has 2 N–H and O–H groups in total. The Balaban J connectivity index is 1.37. The lowest BCUT2D eigenvalue weighted by molar-refractivity contribution is 0.339. The molecule has 1 aliphatic heterocycles. The SMILES string of the molecule is c1cncc(CNc2cccc3nc(NC4COc5ccccc54)ccc23)c1. The Morgan fingerprint density at radius 2 is 1.93 bits per heavy atom. The number of benzene rings is 2. The molecule has 5 heteroatoms. The Morgan fingerprint density at radius 1 is 0.964 bits per heavy atom. The maximum atomic E-state index is 5.76. The summed E-state index contributed by atoms with van der Waals surface area (Å²) < 4.78 is 5.76. The van der Waals surface area contributed by atoms with Gasteiger partial charge in [-0.1, -0.05) is 30.3 Å². The van der Waals surface area contributed by atoms with Crippen molar-refractivity contribution < 1.29 is 4.74 Å². The summed E-state index contributed by atoms with van der Waals surface area (Å²) in [6.45, 7) is 1.34. The van der Waals surface area contributed by atoms with Crippen LogP contribution in [0.1, 0.15) is 17.2 Å². The molecular formula is C23H20N4O. The first-order valence-corrected chi connectivity index (χ1v) is 9.38. The molecule has 0 amide bonds. The Bertz CT molecular complexity index is 1110. The van der Waals surface area contributed by atoms with Crippen LogP contribution in [0, 0.1) is 0 Å². The summed E-state index contributed by atoms with van der Waals surface area (Å²) in [5.41, 5.74) is 4.34. The van der Waals surface area contributed by atoms with Crippen molar-refractivity contribution in [3.63, 3.8) is 0 Å². The number of nitrogens with one attached hydrogen (secondary N) is 2. The summed E-state index contributed by atoms with van der Waals surface area (Å²) in [6.07, 6.45) is 3.66. The van der Waals surface area contributed by atoms with Gasteiger partial charge in [-0.2, -0.15) is 0 Å². The van der Waals surface area contributed by atoms with Gasteiger partial charge in [-0.3, -0.25) is 4.98 Å². The first kappa shape index (κ1) is 16.6. The Kier molecular flexibility index (Phi) is 4.26. The topological polar surface area (TPSA) is 59.1 Å². The van der Waals surface area contributed by atoms with Crippen LogP contribution in [-0.4, -0.2) is 16.6 Å². The van der Waals surface area contributed by atoms with Crippen LogP contribution in [-0.2, 0) is 6.54 Å². The number of fused-ring (bicyclic) bond motifs is 2. The minimum absolute atomic E-state index is 0.119. The fraction of sp³-hybridized carbons (Fsp3) is 0.130. The van der Waals surface area contributed by atoms with Crippen molar-refractivity contribution in [2.45, 2.75) is 12.6 Å². The van der Waals surface area contributed by atoms with Crippen molar-refractivity contribution in [2.24, 2.45) is 0 Å². The average Bonchev–Trinajstić information content (AvgIpc) is 3.16. The standard InChI is InChI=1S/C23H20N4O/c1-2-9-22-18(6-1)21(15-28-22)27-23-11-10-17-19(7-3-8-20(17)26-23)25-14-16-5-4-12-24-13-16/h1-13,21,25H,14-15H2,(H,26,27). The summed E-state index contributed by atoms with van der Waals surface area (Å²) >= 11 is 0. The fourth-order valence-corrected chi connectivity index (χ4v) is 3.55. The molecule has 1 unspecified atom stereocenters. The predicted molar refractivity (Wildman–Crippen MR) is 112 cm³/mol. The van der Waals surface area contributed by atoms with Crippen molar-refractivity contribution in [3.05, 3.63) is 90.3 Å². The van der Waals surface area contributed by atoms with E-state index in [9.17, 15) is 0 Å². The second kappa shape index (κ2) is 7.19. The van der Waals surface area contributed by atoms with Crippen LogP contribution < -0.4 is 15.4 Å². The fourth-order valence-electron chi connectivity index (χ4n) is 3.55. The van der Waals surface area contributed by atoms with Gasteiger partial charge in [0.15, 0.2) is 0 Å². The van der Waals surface area contributed by atoms with Crippen molar-refractivity contribution in [1.82, 2.24) is 9.97 Å². The molecule has 0 fully saturated rings. The Labute approximate surface area is 163 Å². The Hall–Kier alpha value is -3.60. The summed E-state index contributed by atoms with van der Waals surface area (Å²) in [6, 6.07) is 22.5. The zero-order chi connectivity index (χ0) is 18.8. The minimum atomic E-state index is 0.119. The molecule has 5 nitrogen and oxygen atoms in total. The summed E-state index contributed by atoms with van der Waals surface area (Å²) in [7, 11) is 0. The molecule has 0 saturated carbocycles. The maximum absolute atomic E-state index is 5.76. The molecule has 0 bridgehead atoms. The van der Waals surface area contributed by atoms with Crippen molar-refractivity contribution >= 4 is 22.4 Å². The predicted octanol–water partition coefficient (Wildman–Crippen LogP) is 4.79. The molecule has 3 heterocycles. The zero-order valence-electron chi connectivity index (χ0n) is 15.3. The van der Waals surface area contributed by atoms with E-state index in [1.807, 2.05) is 48.7 Å². The smallest absolute Gasteiger partial charge is 0.127 e. The number of ether oxygens (including phenoxy) is 1. The largest absolute Gasteiger partial charge is 0.491 e. The molecule has 5 rings (SSSR count). The van der Waals surface area contributed by atoms with E-state index in [1.165, 1.54) is 5.56 Å². The van der Waals surface area contributed by atoms with E-state index in [0.717, 1.165) is 40.3 Å². The van der Waals surface area contributed by atoms with E-state index in [-0.39, 0.29) is 6.04 Å². The third-order valence-corrected chi connectivity index (χ3v) is 4.96. The number of rotatable bonds is 5. The van der Waals surface area contributed by atoms with Crippen molar-refractivity contribution in [2.75, 3.05) is 17.2 Å². The van der Waals surface area contributed by atoms with Crippen LogP contribution >= 0.6 is 0 Å². The quantitative estimate of drug-likeness (QED) is 0.530. The highest BCUT2D eigenvalue weighted by Gasteiger charge is 2.23. The van der Waals surface area contributed by atoms with Crippen molar-refractivity contribution in [1.29, 1.82) is 0 Å². The van der Waals surface area contributed by atoms with Crippen LogP contribution in [0.3, 0.4) is 0 Å². The van der Waals surface area contributed by atoms with Crippen LogP contribution in [0.5, 0.6) is 5.75 Å². The second-order valence-electron chi connectivity index (χ2n) is 6.83. The summed E-state index contributed by atoms with van der Waals surface area (Å²) in [5, 5.41) is 8.09. The first-order chi connectivity index (χ1) is 13.9. The molecule has 0 aliphatic carbocycles. The molecule has 0 saturated heterocycles. The maximum Gasteiger partial charge on any atom is 0.127 e. The van der Waals surface area contributed by atoms with Crippen LogP contribution in [0.25, 0.3) is 10.9 Å². The second-order valence-corrected chi connectivity index (χ2v) is 6.83. The molecule has 0 spiro atoms. The number of nitrogens with zero attached hydrogens (tertiary/aromatic N) is 2. The summed E-state index contributed by atoms with van der Waals surface area (Å²) in [4.78, 5) is 8.97. The van der Waals surface area contributed by atoms with Gasteiger partial charge in [0.05, 0.1) is 11.6 Å². The lowest BCUT2D eigenvalue weighted by Gasteiger charge is -2.14. The normalized spacial score (nSPS) is 15.1. The number of pyridine rings is 2. The van der Waals surface area contributed by atoms with E-state index in [2.05, 4.69) is 39.9 Å². The number of aromatic nitrogens is 2. The van der Waals surface area contributed by atoms with Gasteiger partial charge in [0.2, 0.25) is 0 Å². The van der Waals surface area contributed by atoms with Gasteiger partial charge in [-0.25, -0.2) is 4.98 Å². The van der Waals surface area contributed by atoms with Gasteiger partial charge in [-0.05, 0) is 42.0 Å². The highest BCUT2D eigenvalue weighted by molar-refractivity contribution is 5.92. The highest BCUT2D eigenvalue weighted by Crippen LogP contribution is 2.34. The van der Waals surface area contributed by atoms with Gasteiger partial charge >= 0.3 is 0 Å². The molecular weight excluding hydrogens is 348 g/mol. The summed E-state index contributed by atoms with van der Waals surface area (Å²) in [5.74, 6) is 1.80. The van der Waals surface area contributed by atoms with Gasteiger partial charge in [0, 0.05) is 35.6 Å². The molecule has 2 aromatic heterocycles. The average molecular weight is 368 g/mol. The molecule has 0 radical (unpaired) electrons. The van der Waals surface area contributed by atoms with E-state index in [4.69, 9.17) is 9.72 Å². The first-order valence-electron chi connectivity index (χ1n) is 9.38. The number of hydrogen-bond acceptors (Lipinski definition) is 5. The number of para-hydroxylation sites is 1. The molecule has 1 atom stereocenters. The van der Waals surface area contributed by atoms with Crippen LogP contribution in [0.4, 0.5) is 11.5 Å². The zero-order valence-corrected chi connectivity index (χ0v) is 15.3. The molecule has 2 aromatic carbocycles. The molecule has 4 aromatic rings. The van der Waals surface area contributed by atoms with E-state index < -0.39 is 0 Å². The van der Waals surface area contributed by atoms with E-state index in [0.29, 0.717) is 6.61 Å². The third-order valence-electron chi connectivity index (χ3n) is 4.96. The van der Waals surface area contributed by atoms with Crippen LogP contribution in [0.2, 0.25) is 0 Å². The van der Waals surface area contributed by atoms with Crippen LogP contribution in [0.15, 0.2) is 79.1 Å². The monoisotopic (exact) mass is 368 g/mol. The van der Waals surface area contributed by atoms with Gasteiger partial charge in [0.25, 0.3) is 0 Å². The van der Waals surface area contributed by atoms with Gasteiger partial charge < -0.3 is 15.4 Å². The minimum Gasteiger partial charge on any atom is -0.491 e. The van der Waals surface area contributed by atoms with E-state index in [1.54, 1.807) is 6.20 Å². The lowest BCUT2D eigenvalue weighted by atomic mass is 10.1. The third kappa shape index (κ3) is 3.22. The van der Waals surface area contributed by atoms with Crippen molar-refractivity contribution in [3.8, 4) is 5.75 Å². The molecule has 28 heavy (non-hydrogen) atoms. The number of hydrogen-bond donors (Lipinski definition) is 2. The van der Waals surface area contributed by atoms with Gasteiger partial charge in [0.1, 0.15) is 18.2 Å². The lowest BCUT2D eigenvalue weighted by Crippen LogP contribution is -2.12. The number of anilines is 2. The molecule has 138 valence electrons. The Morgan fingerprint density at radius 3 is 2.86 bits per heavy atom. The van der Waals surface area contributed by atoms with E-state index >= 15 is 0 Å². The highest BCUT2D eigenvalue weighted by atomic mass is 16.5. The van der Waals surface area contributed by atoms with Gasteiger partial charge in [-0.15, -0.1) is 0 Å². The molecule has 1 aliphatic rings.